The van der Waals surface area contributed by atoms with E-state index in [9.17, 15) is 9.59 Å². The minimum absolute atomic E-state index is 0.0778. The van der Waals surface area contributed by atoms with Crippen LogP contribution in [0.1, 0.15) is 26.5 Å². The van der Waals surface area contributed by atoms with Crippen molar-refractivity contribution in [3.8, 4) is 0 Å². The molecule has 0 spiro atoms. The Morgan fingerprint density at radius 3 is 2.86 bits per heavy atom. The molecule has 2 atom stereocenters. The van der Waals surface area contributed by atoms with Gasteiger partial charge in [0.1, 0.15) is 11.8 Å². The van der Waals surface area contributed by atoms with Crippen LogP contribution in [-0.4, -0.2) is 40.4 Å². The van der Waals surface area contributed by atoms with Gasteiger partial charge in [0, 0.05) is 17.9 Å². The average molecular weight is 322 g/mol. The second-order valence-electron chi connectivity index (χ2n) is 5.71. The number of thioether (sulfide) groups is 1. The molecule has 5 nitrogen and oxygen atoms in total. The van der Waals surface area contributed by atoms with E-state index in [0.29, 0.717) is 23.3 Å². The summed E-state index contributed by atoms with van der Waals surface area (Å²) < 4.78 is 5.16. The fourth-order valence-electron chi connectivity index (χ4n) is 2.00. The van der Waals surface area contributed by atoms with Crippen LogP contribution in [0.4, 0.5) is 0 Å². The quantitative estimate of drug-likeness (QED) is 0.845. The van der Waals surface area contributed by atoms with Crippen molar-refractivity contribution in [3.05, 3.63) is 30.2 Å². The summed E-state index contributed by atoms with van der Waals surface area (Å²) in [4.78, 5) is 26.2. The molecule has 1 saturated heterocycles. The highest BCUT2D eigenvalue weighted by atomic mass is 32.2. The first-order valence-corrected chi connectivity index (χ1v) is 8.55. The molecule has 1 N–H and O–H groups in total. The summed E-state index contributed by atoms with van der Waals surface area (Å²) in [6, 6.07) is 3.23. The highest BCUT2D eigenvalue weighted by molar-refractivity contribution is 7.99. The highest BCUT2D eigenvalue weighted by Crippen LogP contribution is 2.22. The molecule has 0 aliphatic carbocycles. The normalized spacial score (nSPS) is 19.8. The van der Waals surface area contributed by atoms with Gasteiger partial charge in [-0.25, -0.2) is 0 Å². The third-order valence-electron chi connectivity index (χ3n) is 3.77. The SMILES string of the molecule is CC(C)C(C)NC(=O)C1CSCN1C(=O)/C=C/c1ccco1. The first-order chi connectivity index (χ1) is 10.5. The van der Waals surface area contributed by atoms with Crippen molar-refractivity contribution < 1.29 is 14.0 Å². The van der Waals surface area contributed by atoms with Gasteiger partial charge >= 0.3 is 0 Å². The maximum absolute atomic E-state index is 12.3. The van der Waals surface area contributed by atoms with Crippen molar-refractivity contribution >= 4 is 29.7 Å². The molecular formula is C16H22N2O3S. The topological polar surface area (TPSA) is 62.6 Å². The summed E-state index contributed by atoms with van der Waals surface area (Å²) in [6.45, 7) is 6.10. The van der Waals surface area contributed by atoms with E-state index in [2.05, 4.69) is 19.2 Å². The van der Waals surface area contributed by atoms with Crippen LogP contribution in [0, 0.1) is 5.92 Å². The maximum Gasteiger partial charge on any atom is 0.248 e. The number of hydrogen-bond donors (Lipinski definition) is 1. The largest absolute Gasteiger partial charge is 0.465 e. The van der Waals surface area contributed by atoms with Crippen LogP contribution in [0.2, 0.25) is 0 Å². The zero-order valence-electron chi connectivity index (χ0n) is 13.1. The molecule has 2 amide bonds. The van der Waals surface area contributed by atoms with Gasteiger partial charge in [0.25, 0.3) is 0 Å². The molecule has 0 aromatic carbocycles. The molecule has 2 rings (SSSR count). The van der Waals surface area contributed by atoms with E-state index in [4.69, 9.17) is 4.42 Å². The minimum Gasteiger partial charge on any atom is -0.465 e. The molecular weight excluding hydrogens is 300 g/mol. The van der Waals surface area contributed by atoms with Crippen LogP contribution in [0.5, 0.6) is 0 Å². The number of carbonyl (C=O) groups is 2. The molecule has 2 unspecified atom stereocenters. The number of furan rings is 1. The lowest BCUT2D eigenvalue weighted by atomic mass is 10.1. The zero-order chi connectivity index (χ0) is 16.1. The average Bonchev–Trinajstić information content (AvgIpc) is 3.15. The lowest BCUT2D eigenvalue weighted by Crippen LogP contribution is -2.50. The van der Waals surface area contributed by atoms with Crippen LogP contribution in [0.3, 0.4) is 0 Å². The molecule has 120 valence electrons. The van der Waals surface area contributed by atoms with Crippen molar-refractivity contribution in [2.24, 2.45) is 5.92 Å². The molecule has 0 bridgehead atoms. The Hall–Kier alpha value is -1.69. The van der Waals surface area contributed by atoms with Crippen LogP contribution < -0.4 is 5.32 Å². The smallest absolute Gasteiger partial charge is 0.248 e. The molecule has 6 heteroatoms. The number of rotatable bonds is 5. The number of carbonyl (C=O) groups excluding carboxylic acids is 2. The van der Waals surface area contributed by atoms with Crippen molar-refractivity contribution in [3.63, 3.8) is 0 Å². The Morgan fingerprint density at radius 2 is 2.23 bits per heavy atom. The summed E-state index contributed by atoms with van der Waals surface area (Å²) in [5, 5.41) is 2.99. The number of nitrogens with zero attached hydrogens (tertiary/aromatic N) is 1. The number of hydrogen-bond acceptors (Lipinski definition) is 4. The van der Waals surface area contributed by atoms with Gasteiger partial charge < -0.3 is 14.6 Å². The number of amides is 2. The molecule has 1 aromatic rings. The summed E-state index contributed by atoms with van der Waals surface area (Å²) in [7, 11) is 0. The molecule has 1 fully saturated rings. The summed E-state index contributed by atoms with van der Waals surface area (Å²) in [6.07, 6.45) is 4.63. The molecule has 1 aliphatic rings. The Morgan fingerprint density at radius 1 is 1.45 bits per heavy atom. The third-order valence-corrected chi connectivity index (χ3v) is 4.78. The molecule has 0 saturated carbocycles. The van der Waals surface area contributed by atoms with E-state index in [1.165, 1.54) is 6.08 Å². The van der Waals surface area contributed by atoms with E-state index in [1.807, 2.05) is 6.92 Å². The molecule has 1 aliphatic heterocycles. The Labute approximate surface area is 135 Å². The zero-order valence-corrected chi connectivity index (χ0v) is 13.9. The van der Waals surface area contributed by atoms with Gasteiger partial charge in [-0.15, -0.1) is 11.8 Å². The van der Waals surface area contributed by atoms with E-state index < -0.39 is 6.04 Å². The Bertz CT molecular complexity index is 540. The summed E-state index contributed by atoms with van der Waals surface area (Å²) in [5.41, 5.74) is 0. The van der Waals surface area contributed by atoms with E-state index in [0.717, 1.165) is 0 Å². The second kappa shape index (κ2) is 7.54. The maximum atomic E-state index is 12.3. The molecule has 1 aromatic heterocycles. The van der Waals surface area contributed by atoms with Gasteiger partial charge in [0.15, 0.2) is 0 Å². The van der Waals surface area contributed by atoms with E-state index in [-0.39, 0.29) is 17.9 Å². The van der Waals surface area contributed by atoms with Crippen LogP contribution in [0.15, 0.2) is 28.9 Å². The van der Waals surface area contributed by atoms with Gasteiger partial charge in [0.2, 0.25) is 11.8 Å². The standard InChI is InChI=1S/C16H22N2O3S/c1-11(2)12(3)17-16(20)14-9-22-10-18(14)15(19)7-6-13-5-4-8-21-13/h4-8,11-12,14H,9-10H2,1-3H3,(H,17,20)/b7-6+. The Kier molecular flexibility index (Phi) is 5.71. The summed E-state index contributed by atoms with van der Waals surface area (Å²) in [5.74, 6) is 1.91. The van der Waals surface area contributed by atoms with Crippen LogP contribution in [-0.2, 0) is 9.59 Å². The van der Waals surface area contributed by atoms with E-state index >= 15 is 0 Å². The molecule has 22 heavy (non-hydrogen) atoms. The van der Waals surface area contributed by atoms with Crippen LogP contribution in [0.25, 0.3) is 6.08 Å². The van der Waals surface area contributed by atoms with E-state index in [1.54, 1.807) is 41.1 Å². The predicted molar refractivity (Wildman–Crippen MR) is 88.1 cm³/mol. The monoisotopic (exact) mass is 322 g/mol. The second-order valence-corrected chi connectivity index (χ2v) is 6.71. The van der Waals surface area contributed by atoms with Gasteiger partial charge in [-0.1, -0.05) is 13.8 Å². The lowest BCUT2D eigenvalue weighted by molar-refractivity contribution is -0.135. The number of nitrogens with one attached hydrogen (secondary N) is 1. The van der Waals surface area contributed by atoms with Gasteiger partial charge in [0.05, 0.1) is 12.1 Å². The fraction of sp³-hybridized carbons (Fsp3) is 0.500. The third kappa shape index (κ3) is 4.16. The molecule has 0 radical (unpaired) electrons. The lowest BCUT2D eigenvalue weighted by Gasteiger charge is -2.25. The highest BCUT2D eigenvalue weighted by Gasteiger charge is 2.34. The first kappa shape index (κ1) is 16.7. The van der Waals surface area contributed by atoms with Gasteiger partial charge in [-0.3, -0.25) is 9.59 Å². The Balaban J connectivity index is 1.97. The minimum atomic E-state index is -0.403. The summed E-state index contributed by atoms with van der Waals surface area (Å²) >= 11 is 1.59. The van der Waals surface area contributed by atoms with Crippen molar-refractivity contribution in [2.75, 3.05) is 11.6 Å². The predicted octanol–water partition coefficient (Wildman–Crippen LogP) is 2.36. The van der Waals surface area contributed by atoms with Crippen molar-refractivity contribution in [1.29, 1.82) is 0 Å². The fourth-order valence-corrected chi connectivity index (χ4v) is 3.16. The first-order valence-electron chi connectivity index (χ1n) is 7.39. The van der Waals surface area contributed by atoms with Gasteiger partial charge in [-0.05, 0) is 31.1 Å². The van der Waals surface area contributed by atoms with Crippen molar-refractivity contribution in [1.82, 2.24) is 10.2 Å². The van der Waals surface area contributed by atoms with Crippen LogP contribution >= 0.6 is 11.8 Å². The molecule has 2 heterocycles. The van der Waals surface area contributed by atoms with Crippen molar-refractivity contribution in [2.45, 2.75) is 32.9 Å². The van der Waals surface area contributed by atoms with Gasteiger partial charge in [-0.2, -0.15) is 0 Å².